The number of rotatable bonds is 8. The first-order valence-electron chi connectivity index (χ1n) is 8.71. The first-order valence-corrected chi connectivity index (χ1v) is 9.09. The molecule has 5 heteroatoms. The molecule has 27 heavy (non-hydrogen) atoms. The molecule has 1 atom stereocenters. The molecule has 0 aliphatic rings. The Hall–Kier alpha value is -2.40. The zero-order chi connectivity index (χ0) is 19.1. The molecule has 3 rings (SSSR count). The van der Waals surface area contributed by atoms with Gasteiger partial charge in [0.2, 0.25) is 0 Å². The van der Waals surface area contributed by atoms with Gasteiger partial charge in [-0.05, 0) is 35.4 Å². The number of hydrogen-bond donors (Lipinski definition) is 2. The van der Waals surface area contributed by atoms with Crippen LogP contribution >= 0.6 is 11.6 Å². The van der Waals surface area contributed by atoms with E-state index in [4.69, 9.17) is 16.3 Å². The van der Waals surface area contributed by atoms with Crippen LogP contribution in [0.3, 0.4) is 0 Å². The van der Waals surface area contributed by atoms with Crippen molar-refractivity contribution in [3.63, 3.8) is 0 Å². The molecule has 2 N–H and O–H groups in total. The molecule has 0 saturated carbocycles. The molecule has 0 spiro atoms. The molecule has 0 bridgehead atoms. The normalized spacial score (nSPS) is 12.0. The summed E-state index contributed by atoms with van der Waals surface area (Å²) in [6, 6.07) is 21.5. The fraction of sp³-hybridized carbons (Fsp3) is 0.182. The standard InChI is InChI=1S/C22H21ClFNO2/c23-21-12-19(24)10-9-18(21)15-27-20-8-4-5-16(11-20)13-25-14-22(26)17-6-2-1-3-7-17/h1-12,22,25-26H,13-15H2. The Kier molecular flexibility index (Phi) is 6.82. The highest BCUT2D eigenvalue weighted by molar-refractivity contribution is 6.31. The maximum atomic E-state index is 13.1. The molecule has 0 heterocycles. The van der Waals surface area contributed by atoms with Gasteiger partial charge in [0.15, 0.2) is 0 Å². The molecule has 0 aliphatic heterocycles. The Morgan fingerprint density at radius 3 is 2.59 bits per heavy atom. The molecule has 0 saturated heterocycles. The van der Waals surface area contributed by atoms with Crippen LogP contribution < -0.4 is 10.1 Å². The van der Waals surface area contributed by atoms with Crippen molar-refractivity contribution in [2.75, 3.05) is 6.54 Å². The van der Waals surface area contributed by atoms with E-state index in [1.807, 2.05) is 54.6 Å². The number of nitrogens with one attached hydrogen (secondary N) is 1. The minimum absolute atomic E-state index is 0.267. The highest BCUT2D eigenvalue weighted by Gasteiger charge is 2.07. The van der Waals surface area contributed by atoms with Crippen molar-refractivity contribution < 1.29 is 14.2 Å². The number of aliphatic hydroxyl groups excluding tert-OH is 1. The number of benzene rings is 3. The third-order valence-electron chi connectivity index (χ3n) is 4.16. The first-order chi connectivity index (χ1) is 13.1. The average Bonchev–Trinajstić information content (AvgIpc) is 2.68. The molecule has 3 aromatic carbocycles. The number of ether oxygens (including phenoxy) is 1. The van der Waals surface area contributed by atoms with Gasteiger partial charge in [0.1, 0.15) is 18.2 Å². The van der Waals surface area contributed by atoms with Crippen LogP contribution in [0.4, 0.5) is 4.39 Å². The van der Waals surface area contributed by atoms with Crippen LogP contribution in [0.1, 0.15) is 22.8 Å². The molecule has 0 aromatic heterocycles. The fourth-order valence-electron chi connectivity index (χ4n) is 2.69. The van der Waals surface area contributed by atoms with Crippen molar-refractivity contribution in [1.82, 2.24) is 5.32 Å². The summed E-state index contributed by atoms with van der Waals surface area (Å²) in [4.78, 5) is 0. The molecule has 1 unspecified atom stereocenters. The van der Waals surface area contributed by atoms with E-state index < -0.39 is 6.10 Å². The van der Waals surface area contributed by atoms with E-state index in [0.717, 1.165) is 16.7 Å². The Morgan fingerprint density at radius 1 is 1.00 bits per heavy atom. The molecule has 0 fully saturated rings. The van der Waals surface area contributed by atoms with Crippen molar-refractivity contribution in [3.05, 3.63) is 100 Å². The van der Waals surface area contributed by atoms with Crippen molar-refractivity contribution in [3.8, 4) is 5.75 Å². The molecular formula is C22H21ClFNO2. The van der Waals surface area contributed by atoms with Crippen LogP contribution in [0.2, 0.25) is 5.02 Å². The number of halogens is 2. The molecular weight excluding hydrogens is 365 g/mol. The van der Waals surface area contributed by atoms with Gasteiger partial charge in [0, 0.05) is 18.7 Å². The Morgan fingerprint density at radius 2 is 1.81 bits per heavy atom. The predicted octanol–water partition coefficient (Wildman–Crippen LogP) is 4.88. The Bertz CT molecular complexity index is 873. The highest BCUT2D eigenvalue weighted by atomic mass is 35.5. The molecule has 140 valence electrons. The minimum atomic E-state index is -0.550. The first kappa shape index (κ1) is 19.4. The lowest BCUT2D eigenvalue weighted by atomic mass is 10.1. The van der Waals surface area contributed by atoms with Crippen molar-refractivity contribution in [2.24, 2.45) is 0 Å². The van der Waals surface area contributed by atoms with Crippen molar-refractivity contribution >= 4 is 11.6 Å². The Labute approximate surface area is 163 Å². The largest absolute Gasteiger partial charge is 0.489 e. The van der Waals surface area contributed by atoms with Gasteiger partial charge in [-0.15, -0.1) is 0 Å². The smallest absolute Gasteiger partial charge is 0.124 e. The third-order valence-corrected chi connectivity index (χ3v) is 4.51. The van der Waals surface area contributed by atoms with E-state index in [0.29, 0.717) is 23.9 Å². The van der Waals surface area contributed by atoms with Gasteiger partial charge >= 0.3 is 0 Å². The zero-order valence-electron chi connectivity index (χ0n) is 14.7. The van der Waals surface area contributed by atoms with E-state index >= 15 is 0 Å². The van der Waals surface area contributed by atoms with Gasteiger partial charge in [-0.2, -0.15) is 0 Å². The number of hydrogen-bond acceptors (Lipinski definition) is 3. The maximum Gasteiger partial charge on any atom is 0.124 e. The predicted molar refractivity (Wildman–Crippen MR) is 105 cm³/mol. The van der Waals surface area contributed by atoms with Gasteiger partial charge < -0.3 is 15.2 Å². The van der Waals surface area contributed by atoms with Crippen LogP contribution in [-0.4, -0.2) is 11.7 Å². The van der Waals surface area contributed by atoms with Gasteiger partial charge in [0.25, 0.3) is 0 Å². The molecule has 0 amide bonds. The van der Waals surface area contributed by atoms with E-state index in [1.54, 1.807) is 6.07 Å². The van der Waals surface area contributed by atoms with Crippen LogP contribution in [0, 0.1) is 5.82 Å². The van der Waals surface area contributed by atoms with Crippen LogP contribution in [-0.2, 0) is 13.2 Å². The summed E-state index contributed by atoms with van der Waals surface area (Å²) in [5, 5.41) is 13.8. The molecule has 0 aliphatic carbocycles. The van der Waals surface area contributed by atoms with E-state index in [1.165, 1.54) is 12.1 Å². The lowest BCUT2D eigenvalue weighted by Gasteiger charge is -2.13. The van der Waals surface area contributed by atoms with Gasteiger partial charge in [-0.25, -0.2) is 4.39 Å². The SMILES string of the molecule is OC(CNCc1cccc(OCc2ccc(F)cc2Cl)c1)c1ccccc1. The molecule has 3 aromatic rings. The maximum absolute atomic E-state index is 13.1. The summed E-state index contributed by atoms with van der Waals surface area (Å²) in [6.45, 7) is 1.33. The zero-order valence-corrected chi connectivity index (χ0v) is 15.5. The minimum Gasteiger partial charge on any atom is -0.489 e. The van der Waals surface area contributed by atoms with E-state index in [2.05, 4.69) is 5.32 Å². The topological polar surface area (TPSA) is 41.5 Å². The van der Waals surface area contributed by atoms with Crippen molar-refractivity contribution in [1.29, 1.82) is 0 Å². The third kappa shape index (κ3) is 5.79. The van der Waals surface area contributed by atoms with Crippen LogP contribution in [0.25, 0.3) is 0 Å². The quantitative estimate of drug-likeness (QED) is 0.580. The van der Waals surface area contributed by atoms with Crippen LogP contribution in [0.15, 0.2) is 72.8 Å². The van der Waals surface area contributed by atoms with Gasteiger partial charge in [-0.1, -0.05) is 60.1 Å². The lowest BCUT2D eigenvalue weighted by Crippen LogP contribution is -2.21. The number of aliphatic hydroxyl groups is 1. The summed E-state index contributed by atoms with van der Waals surface area (Å²) in [7, 11) is 0. The summed E-state index contributed by atoms with van der Waals surface area (Å²) < 4.78 is 18.9. The summed E-state index contributed by atoms with van der Waals surface area (Å²) in [5.41, 5.74) is 2.66. The summed E-state index contributed by atoms with van der Waals surface area (Å²) >= 11 is 6.02. The van der Waals surface area contributed by atoms with Gasteiger partial charge in [-0.3, -0.25) is 0 Å². The summed E-state index contributed by atoms with van der Waals surface area (Å²) in [6.07, 6.45) is -0.550. The Balaban J connectivity index is 1.51. The second-order valence-corrected chi connectivity index (χ2v) is 6.64. The monoisotopic (exact) mass is 385 g/mol. The van der Waals surface area contributed by atoms with Gasteiger partial charge in [0.05, 0.1) is 11.1 Å². The molecule has 3 nitrogen and oxygen atoms in total. The van der Waals surface area contributed by atoms with E-state index in [-0.39, 0.29) is 12.4 Å². The second kappa shape index (κ2) is 9.51. The van der Waals surface area contributed by atoms with Crippen LogP contribution in [0.5, 0.6) is 5.75 Å². The fourth-order valence-corrected chi connectivity index (χ4v) is 2.91. The summed E-state index contributed by atoms with van der Waals surface area (Å²) in [5.74, 6) is 0.341. The highest BCUT2D eigenvalue weighted by Crippen LogP contribution is 2.21. The van der Waals surface area contributed by atoms with E-state index in [9.17, 15) is 9.50 Å². The van der Waals surface area contributed by atoms with Crippen molar-refractivity contribution in [2.45, 2.75) is 19.3 Å². The molecule has 0 radical (unpaired) electrons. The second-order valence-electron chi connectivity index (χ2n) is 6.23. The lowest BCUT2D eigenvalue weighted by molar-refractivity contribution is 0.174. The average molecular weight is 386 g/mol.